The maximum Gasteiger partial charge on any atom is 0.410 e. The average Bonchev–Trinajstić information content (AvgIpc) is 3.05. The molecule has 21 heavy (non-hydrogen) atoms. The lowest BCUT2D eigenvalue weighted by atomic mass is 10.1. The Labute approximate surface area is 127 Å². The van der Waals surface area contributed by atoms with Gasteiger partial charge in [-0.2, -0.15) is 0 Å². The van der Waals surface area contributed by atoms with E-state index in [0.29, 0.717) is 12.0 Å². The Morgan fingerprint density at radius 1 is 1.57 bits per heavy atom. The predicted octanol–water partition coefficient (Wildman–Crippen LogP) is 2.92. The fourth-order valence-electron chi connectivity index (χ4n) is 2.56. The normalized spacial score (nSPS) is 20.6. The molecule has 2 atom stereocenters. The number of ether oxygens (including phenoxy) is 1. The Kier molecular flexibility index (Phi) is 4.93. The zero-order valence-corrected chi connectivity index (χ0v) is 13.5. The van der Waals surface area contributed by atoms with Gasteiger partial charge in [-0.3, -0.25) is 0 Å². The van der Waals surface area contributed by atoms with Crippen LogP contribution in [0.3, 0.4) is 0 Å². The molecular formula is C16H27N3O2. The van der Waals surface area contributed by atoms with Crippen molar-refractivity contribution in [2.24, 2.45) is 5.92 Å². The second kappa shape index (κ2) is 6.52. The molecule has 1 amide bonds. The molecule has 0 spiro atoms. The van der Waals surface area contributed by atoms with Crippen LogP contribution < -0.4 is 5.32 Å². The van der Waals surface area contributed by atoms with Crippen LogP contribution in [0.5, 0.6) is 0 Å². The van der Waals surface area contributed by atoms with Crippen molar-refractivity contribution in [2.45, 2.75) is 45.8 Å². The third-order valence-electron chi connectivity index (χ3n) is 3.74. The first-order valence-electron chi connectivity index (χ1n) is 7.70. The number of H-pyrrole nitrogens is 1. The van der Waals surface area contributed by atoms with Crippen LogP contribution in [0.4, 0.5) is 4.79 Å². The number of carbonyl (C=O) groups excluding carboxylic acids is 1. The van der Waals surface area contributed by atoms with Crippen molar-refractivity contribution < 1.29 is 9.53 Å². The molecule has 1 aromatic rings. The van der Waals surface area contributed by atoms with Crippen molar-refractivity contribution in [1.82, 2.24) is 15.2 Å². The molecule has 1 fully saturated rings. The molecule has 1 aromatic heterocycles. The van der Waals surface area contributed by atoms with E-state index in [0.717, 1.165) is 26.1 Å². The molecule has 1 aliphatic rings. The van der Waals surface area contributed by atoms with Gasteiger partial charge in [-0.15, -0.1) is 0 Å². The molecule has 2 unspecified atom stereocenters. The molecule has 2 heterocycles. The van der Waals surface area contributed by atoms with Crippen LogP contribution in [0.2, 0.25) is 0 Å². The third-order valence-corrected chi connectivity index (χ3v) is 3.74. The number of carbonyl (C=O) groups is 1. The highest BCUT2D eigenvalue weighted by Crippen LogP contribution is 2.20. The van der Waals surface area contributed by atoms with E-state index in [4.69, 9.17) is 4.74 Å². The zero-order valence-electron chi connectivity index (χ0n) is 13.5. The van der Waals surface area contributed by atoms with Gasteiger partial charge in [0, 0.05) is 37.6 Å². The van der Waals surface area contributed by atoms with Crippen LogP contribution in [-0.2, 0) is 4.74 Å². The van der Waals surface area contributed by atoms with Crippen LogP contribution >= 0.6 is 0 Å². The van der Waals surface area contributed by atoms with Gasteiger partial charge < -0.3 is 19.9 Å². The van der Waals surface area contributed by atoms with E-state index in [-0.39, 0.29) is 6.09 Å². The smallest absolute Gasteiger partial charge is 0.410 e. The predicted molar refractivity (Wildman–Crippen MR) is 83.1 cm³/mol. The van der Waals surface area contributed by atoms with Crippen LogP contribution in [-0.4, -0.2) is 41.2 Å². The number of aromatic nitrogens is 1. The summed E-state index contributed by atoms with van der Waals surface area (Å²) in [5, 5.41) is 3.52. The molecule has 0 saturated carbocycles. The summed E-state index contributed by atoms with van der Waals surface area (Å²) in [5.74, 6) is 0.495. The van der Waals surface area contributed by atoms with Crippen LogP contribution in [0.25, 0.3) is 0 Å². The van der Waals surface area contributed by atoms with Crippen molar-refractivity contribution in [2.75, 3.05) is 19.6 Å². The Balaban J connectivity index is 1.74. The zero-order chi connectivity index (χ0) is 15.5. The Morgan fingerprint density at radius 2 is 2.33 bits per heavy atom. The maximum absolute atomic E-state index is 12.0. The Morgan fingerprint density at radius 3 is 2.95 bits per heavy atom. The molecule has 5 nitrogen and oxygen atoms in total. The number of rotatable bonds is 4. The molecule has 0 aliphatic carbocycles. The molecular weight excluding hydrogens is 266 g/mol. The van der Waals surface area contributed by atoms with Gasteiger partial charge in [0.15, 0.2) is 0 Å². The maximum atomic E-state index is 12.0. The van der Waals surface area contributed by atoms with Crippen LogP contribution in [0.15, 0.2) is 18.3 Å². The summed E-state index contributed by atoms with van der Waals surface area (Å²) >= 11 is 0. The highest BCUT2D eigenvalue weighted by molar-refractivity contribution is 5.68. The average molecular weight is 293 g/mol. The lowest BCUT2D eigenvalue weighted by Gasteiger charge is -2.24. The molecule has 118 valence electrons. The molecule has 0 radical (unpaired) electrons. The number of likely N-dealkylation sites (tertiary alicyclic amines) is 1. The van der Waals surface area contributed by atoms with Gasteiger partial charge in [0.25, 0.3) is 0 Å². The number of nitrogens with one attached hydrogen (secondary N) is 2. The van der Waals surface area contributed by atoms with E-state index in [1.807, 2.05) is 37.9 Å². The second-order valence-electron chi connectivity index (χ2n) is 6.84. The van der Waals surface area contributed by atoms with Crippen molar-refractivity contribution in [3.63, 3.8) is 0 Å². The Bertz CT molecular complexity index is 451. The van der Waals surface area contributed by atoms with Gasteiger partial charge in [-0.1, -0.05) is 0 Å². The fourth-order valence-corrected chi connectivity index (χ4v) is 2.56. The van der Waals surface area contributed by atoms with Crippen molar-refractivity contribution in [3.8, 4) is 0 Å². The number of nitrogens with zero attached hydrogens (tertiary/aromatic N) is 1. The highest BCUT2D eigenvalue weighted by Gasteiger charge is 2.29. The lowest BCUT2D eigenvalue weighted by molar-refractivity contribution is 0.0288. The quantitative estimate of drug-likeness (QED) is 0.897. The van der Waals surface area contributed by atoms with Gasteiger partial charge in [0.2, 0.25) is 0 Å². The number of hydrogen-bond acceptors (Lipinski definition) is 3. The summed E-state index contributed by atoms with van der Waals surface area (Å²) in [4.78, 5) is 17.0. The van der Waals surface area contributed by atoms with E-state index in [1.54, 1.807) is 0 Å². The van der Waals surface area contributed by atoms with Gasteiger partial charge >= 0.3 is 6.09 Å². The first-order valence-corrected chi connectivity index (χ1v) is 7.70. The summed E-state index contributed by atoms with van der Waals surface area (Å²) in [6.07, 6.45) is 2.78. The first kappa shape index (κ1) is 15.9. The topological polar surface area (TPSA) is 57.4 Å². The van der Waals surface area contributed by atoms with Gasteiger partial charge in [0.1, 0.15) is 5.60 Å². The Hall–Kier alpha value is -1.49. The minimum atomic E-state index is -0.421. The van der Waals surface area contributed by atoms with Crippen molar-refractivity contribution in [3.05, 3.63) is 24.0 Å². The highest BCUT2D eigenvalue weighted by atomic mass is 16.6. The molecule has 2 N–H and O–H groups in total. The third kappa shape index (κ3) is 4.77. The van der Waals surface area contributed by atoms with E-state index < -0.39 is 5.60 Å². The van der Waals surface area contributed by atoms with Crippen molar-refractivity contribution >= 4 is 6.09 Å². The minimum Gasteiger partial charge on any atom is -0.444 e. The number of amides is 1. The second-order valence-corrected chi connectivity index (χ2v) is 6.84. The van der Waals surface area contributed by atoms with E-state index in [1.165, 1.54) is 5.69 Å². The summed E-state index contributed by atoms with van der Waals surface area (Å²) in [5.41, 5.74) is 0.771. The summed E-state index contributed by atoms with van der Waals surface area (Å²) in [7, 11) is 0. The molecule has 0 aromatic carbocycles. The van der Waals surface area contributed by atoms with E-state index in [2.05, 4.69) is 23.3 Å². The van der Waals surface area contributed by atoms with Gasteiger partial charge in [-0.05, 0) is 52.2 Å². The minimum absolute atomic E-state index is 0.192. The number of aromatic amines is 1. The first-order chi connectivity index (χ1) is 9.85. The monoisotopic (exact) mass is 293 g/mol. The van der Waals surface area contributed by atoms with Gasteiger partial charge in [0.05, 0.1) is 0 Å². The number of hydrogen-bond donors (Lipinski definition) is 2. The van der Waals surface area contributed by atoms with Crippen LogP contribution in [0.1, 0.15) is 45.9 Å². The molecule has 1 aliphatic heterocycles. The largest absolute Gasteiger partial charge is 0.444 e. The molecule has 2 rings (SSSR count). The SMILES string of the molecule is CC(NCC1CCN(C(=O)OC(C)(C)C)C1)c1ccc[nH]1. The van der Waals surface area contributed by atoms with E-state index >= 15 is 0 Å². The summed E-state index contributed by atoms with van der Waals surface area (Å²) in [6.45, 7) is 10.3. The fraction of sp³-hybridized carbons (Fsp3) is 0.688. The molecule has 5 heteroatoms. The van der Waals surface area contributed by atoms with Crippen molar-refractivity contribution in [1.29, 1.82) is 0 Å². The standard InChI is InChI=1S/C16H27N3O2/c1-12(14-6-5-8-17-14)18-10-13-7-9-19(11-13)15(20)21-16(2,3)4/h5-6,8,12-13,17-18H,7,9-11H2,1-4H3. The van der Waals surface area contributed by atoms with E-state index in [9.17, 15) is 4.79 Å². The van der Waals surface area contributed by atoms with Gasteiger partial charge in [-0.25, -0.2) is 4.79 Å². The molecule has 0 bridgehead atoms. The molecule has 1 saturated heterocycles. The lowest BCUT2D eigenvalue weighted by Crippen LogP contribution is -2.36. The summed E-state index contributed by atoms with van der Waals surface area (Å²) in [6, 6.07) is 4.39. The van der Waals surface area contributed by atoms with Crippen LogP contribution in [0, 0.1) is 5.92 Å². The summed E-state index contributed by atoms with van der Waals surface area (Å²) < 4.78 is 5.42.